The van der Waals surface area contributed by atoms with Crippen LogP contribution in [0.4, 0.5) is 0 Å². The van der Waals surface area contributed by atoms with Gasteiger partial charge in [-0.25, -0.2) is 0 Å². The molecule has 98 valence electrons. The quantitative estimate of drug-likeness (QED) is 0.852. The topological polar surface area (TPSA) is 57.6 Å². The molecule has 0 aromatic carbocycles. The van der Waals surface area contributed by atoms with E-state index < -0.39 is 11.9 Å². The van der Waals surface area contributed by atoms with Crippen molar-refractivity contribution in [1.29, 1.82) is 0 Å². The zero-order valence-electron chi connectivity index (χ0n) is 9.52. The highest BCUT2D eigenvalue weighted by Crippen LogP contribution is 2.44. The summed E-state index contributed by atoms with van der Waals surface area (Å²) in [6, 6.07) is 1.53. The molecule has 0 spiro atoms. The van der Waals surface area contributed by atoms with Crippen molar-refractivity contribution in [3.8, 4) is 0 Å². The van der Waals surface area contributed by atoms with Gasteiger partial charge in [0.05, 0.1) is 15.7 Å². The van der Waals surface area contributed by atoms with Crippen LogP contribution < -0.4 is 0 Å². The second-order valence-corrected chi connectivity index (χ2v) is 7.30. The summed E-state index contributed by atoms with van der Waals surface area (Å²) >= 11 is 8.25. The molecular weight excluding hydrogens is 386 g/mol. The largest absolute Gasteiger partial charge is 0.481 e. The maximum atomic E-state index is 11.8. The highest BCUT2D eigenvalue weighted by molar-refractivity contribution is 9.13. The maximum absolute atomic E-state index is 11.8. The number of carboxylic acids is 1. The molecule has 1 amide bonds. The van der Waals surface area contributed by atoms with Crippen LogP contribution in [0, 0.1) is 5.92 Å². The van der Waals surface area contributed by atoms with Crippen LogP contribution in [0.25, 0.3) is 0 Å². The molecule has 1 aromatic heterocycles. The summed E-state index contributed by atoms with van der Waals surface area (Å²) < 4.78 is 1.80. The summed E-state index contributed by atoms with van der Waals surface area (Å²) in [4.78, 5) is 25.7. The number of carboxylic acid groups (broad SMARTS) is 1. The second-order valence-electron chi connectivity index (χ2n) is 4.04. The summed E-state index contributed by atoms with van der Waals surface area (Å²) in [5, 5.41) is 9.25. The van der Waals surface area contributed by atoms with E-state index in [1.54, 1.807) is 4.90 Å². The van der Waals surface area contributed by atoms with Gasteiger partial charge in [0, 0.05) is 22.3 Å². The summed E-state index contributed by atoms with van der Waals surface area (Å²) in [5.74, 6) is -1.66. The molecule has 7 heteroatoms. The lowest BCUT2D eigenvalue weighted by Gasteiger charge is -2.24. The van der Waals surface area contributed by atoms with Crippen LogP contribution in [-0.2, 0) is 9.59 Å². The van der Waals surface area contributed by atoms with Crippen molar-refractivity contribution in [3.63, 3.8) is 0 Å². The summed E-state index contributed by atoms with van der Waals surface area (Å²) in [6.45, 7) is 2.40. The van der Waals surface area contributed by atoms with Crippen molar-refractivity contribution in [3.05, 3.63) is 19.2 Å². The highest BCUT2D eigenvalue weighted by Gasteiger charge is 2.44. The van der Waals surface area contributed by atoms with Gasteiger partial charge in [0.1, 0.15) is 0 Å². The predicted octanol–water partition coefficient (Wildman–Crippen LogP) is 3.27. The van der Waals surface area contributed by atoms with E-state index in [-0.39, 0.29) is 18.4 Å². The summed E-state index contributed by atoms with van der Waals surface area (Å²) in [7, 11) is 0. The van der Waals surface area contributed by atoms with Crippen molar-refractivity contribution >= 4 is 55.1 Å². The van der Waals surface area contributed by atoms with Crippen LogP contribution in [0.5, 0.6) is 0 Å². The molecule has 2 heterocycles. The molecule has 18 heavy (non-hydrogen) atoms. The summed E-state index contributed by atoms with van der Waals surface area (Å²) in [6.07, 6.45) is 0.0843. The molecule has 0 aliphatic carbocycles. The first-order chi connectivity index (χ1) is 8.45. The number of hydrogen-bond acceptors (Lipinski definition) is 3. The number of hydrogen-bond donors (Lipinski definition) is 1. The van der Waals surface area contributed by atoms with E-state index in [1.165, 1.54) is 11.3 Å². The Morgan fingerprint density at radius 3 is 2.72 bits per heavy atom. The third-order valence-corrected chi connectivity index (χ3v) is 6.37. The van der Waals surface area contributed by atoms with Gasteiger partial charge in [-0.3, -0.25) is 9.59 Å². The van der Waals surface area contributed by atoms with Gasteiger partial charge in [-0.15, -0.1) is 11.3 Å². The first kappa shape index (κ1) is 14.0. The molecule has 0 bridgehead atoms. The van der Waals surface area contributed by atoms with Crippen molar-refractivity contribution in [2.45, 2.75) is 19.4 Å². The molecule has 1 aliphatic heterocycles. The molecule has 2 atom stereocenters. The van der Waals surface area contributed by atoms with Crippen molar-refractivity contribution in [1.82, 2.24) is 4.90 Å². The molecule has 1 aromatic rings. The van der Waals surface area contributed by atoms with Crippen LogP contribution in [0.3, 0.4) is 0 Å². The Morgan fingerprint density at radius 2 is 2.28 bits per heavy atom. The van der Waals surface area contributed by atoms with Crippen molar-refractivity contribution in [2.75, 3.05) is 6.54 Å². The lowest BCUT2D eigenvalue weighted by Crippen LogP contribution is -2.29. The molecular formula is C11H11Br2NO3S. The van der Waals surface area contributed by atoms with E-state index in [4.69, 9.17) is 0 Å². The predicted molar refractivity (Wildman–Crippen MR) is 75.6 cm³/mol. The van der Waals surface area contributed by atoms with Gasteiger partial charge in [0.15, 0.2) is 0 Å². The van der Waals surface area contributed by atoms with E-state index in [9.17, 15) is 14.7 Å². The SMILES string of the molecule is CCN1C(=O)CC(C(=O)O)C1c1cc(Br)c(Br)s1. The average molecular weight is 397 g/mol. The van der Waals surface area contributed by atoms with Crippen LogP contribution in [0.2, 0.25) is 0 Å². The van der Waals surface area contributed by atoms with Gasteiger partial charge < -0.3 is 10.0 Å². The standard InChI is InChI=1S/C11H11Br2NO3S/c1-2-14-8(15)3-5(11(16)17)9(14)7-4-6(12)10(13)18-7/h4-5,9H,2-3H2,1H3,(H,16,17). The Labute approximate surface area is 125 Å². The van der Waals surface area contributed by atoms with E-state index in [2.05, 4.69) is 31.9 Å². The van der Waals surface area contributed by atoms with E-state index in [0.29, 0.717) is 6.54 Å². The first-order valence-electron chi connectivity index (χ1n) is 5.42. The van der Waals surface area contributed by atoms with E-state index in [0.717, 1.165) is 13.1 Å². The Kier molecular flexibility index (Phi) is 4.13. The Balaban J connectivity index is 2.42. The van der Waals surface area contributed by atoms with Gasteiger partial charge in [-0.2, -0.15) is 0 Å². The van der Waals surface area contributed by atoms with E-state index >= 15 is 0 Å². The number of aliphatic carboxylic acids is 1. The smallest absolute Gasteiger partial charge is 0.309 e. The van der Waals surface area contributed by atoms with Crippen molar-refractivity contribution < 1.29 is 14.7 Å². The number of amides is 1. The lowest BCUT2D eigenvalue weighted by molar-refractivity contribution is -0.142. The number of carbonyl (C=O) groups excluding carboxylic acids is 1. The third-order valence-electron chi connectivity index (χ3n) is 3.05. The fourth-order valence-corrected chi connectivity index (χ4v) is 4.51. The maximum Gasteiger partial charge on any atom is 0.309 e. The number of rotatable bonds is 3. The van der Waals surface area contributed by atoms with Crippen LogP contribution in [-0.4, -0.2) is 28.4 Å². The minimum absolute atomic E-state index is 0.0843. The monoisotopic (exact) mass is 395 g/mol. The molecule has 0 radical (unpaired) electrons. The molecule has 2 rings (SSSR count). The number of halogens is 2. The van der Waals surface area contributed by atoms with Gasteiger partial charge in [-0.05, 0) is 44.8 Å². The lowest BCUT2D eigenvalue weighted by atomic mass is 9.99. The Bertz CT molecular complexity index is 483. The summed E-state index contributed by atoms with van der Waals surface area (Å²) in [5.41, 5.74) is 0. The fourth-order valence-electron chi connectivity index (χ4n) is 2.25. The molecule has 0 saturated carbocycles. The minimum atomic E-state index is -0.912. The average Bonchev–Trinajstić information content (AvgIpc) is 2.80. The molecule has 1 saturated heterocycles. The van der Waals surface area contributed by atoms with Gasteiger partial charge in [0.2, 0.25) is 5.91 Å². The number of nitrogens with zero attached hydrogens (tertiary/aromatic N) is 1. The fraction of sp³-hybridized carbons (Fsp3) is 0.455. The molecule has 4 nitrogen and oxygen atoms in total. The van der Waals surface area contributed by atoms with Crippen molar-refractivity contribution in [2.24, 2.45) is 5.92 Å². The Hall–Kier alpha value is -0.400. The number of carbonyl (C=O) groups is 2. The third kappa shape index (κ3) is 2.35. The number of thiophene rings is 1. The minimum Gasteiger partial charge on any atom is -0.481 e. The zero-order chi connectivity index (χ0) is 13.4. The second kappa shape index (κ2) is 5.30. The Morgan fingerprint density at radius 1 is 1.61 bits per heavy atom. The molecule has 2 unspecified atom stereocenters. The van der Waals surface area contributed by atoms with Gasteiger partial charge in [-0.1, -0.05) is 0 Å². The van der Waals surface area contributed by atoms with Crippen LogP contribution in [0.15, 0.2) is 14.3 Å². The number of likely N-dealkylation sites (tertiary alicyclic amines) is 1. The molecule has 1 aliphatic rings. The highest BCUT2D eigenvalue weighted by atomic mass is 79.9. The molecule has 1 fully saturated rings. The molecule has 1 N–H and O–H groups in total. The van der Waals surface area contributed by atoms with Gasteiger partial charge in [0.25, 0.3) is 0 Å². The van der Waals surface area contributed by atoms with Gasteiger partial charge >= 0.3 is 5.97 Å². The van der Waals surface area contributed by atoms with Crippen LogP contribution in [0.1, 0.15) is 24.3 Å². The van der Waals surface area contributed by atoms with E-state index in [1.807, 2.05) is 13.0 Å². The van der Waals surface area contributed by atoms with Crippen LogP contribution >= 0.6 is 43.2 Å². The zero-order valence-corrected chi connectivity index (χ0v) is 13.5. The first-order valence-corrected chi connectivity index (χ1v) is 7.83. The normalized spacial score (nSPS) is 23.7.